The van der Waals surface area contributed by atoms with Gasteiger partial charge in [0.05, 0.1) is 0 Å². The second-order valence-electron chi connectivity index (χ2n) is 3.24. The highest BCUT2D eigenvalue weighted by molar-refractivity contribution is 4.67. The highest BCUT2D eigenvalue weighted by Crippen LogP contribution is 2.28. The first-order valence-corrected chi connectivity index (χ1v) is 4.80. The van der Waals surface area contributed by atoms with E-state index in [9.17, 15) is 0 Å². The Morgan fingerprint density at radius 1 is 0.800 bits per heavy atom. The van der Waals surface area contributed by atoms with E-state index in [0.29, 0.717) is 0 Å². The summed E-state index contributed by atoms with van der Waals surface area (Å²) in [6.07, 6.45) is 5.90. The molecular formula is C10H22. The summed E-state index contributed by atoms with van der Waals surface area (Å²) >= 11 is 0. The molecule has 2 atom stereocenters. The standard InChI is InChI=1S/C8H16.C2H6/c1-7-5-3-4-6-8(7)2;1-2/h7-8H,3-6H2,1-2H3;1-2H3/t7-,8?;/m0./s1. The van der Waals surface area contributed by atoms with Crippen LogP contribution in [0.3, 0.4) is 0 Å². The summed E-state index contributed by atoms with van der Waals surface area (Å²) in [7, 11) is 0. The highest BCUT2D eigenvalue weighted by atomic mass is 14.2. The summed E-state index contributed by atoms with van der Waals surface area (Å²) in [5, 5.41) is 0. The van der Waals surface area contributed by atoms with Crippen molar-refractivity contribution >= 4 is 0 Å². The molecule has 0 aromatic rings. The minimum Gasteiger partial charge on any atom is -0.0683 e. The lowest BCUT2D eigenvalue weighted by atomic mass is 9.82. The smallest absolute Gasteiger partial charge is 0.0417 e. The van der Waals surface area contributed by atoms with Gasteiger partial charge in [-0.05, 0) is 11.8 Å². The van der Waals surface area contributed by atoms with E-state index in [-0.39, 0.29) is 0 Å². The first-order valence-electron chi connectivity index (χ1n) is 4.80. The minimum atomic E-state index is 1.00. The summed E-state index contributed by atoms with van der Waals surface area (Å²) < 4.78 is 0. The van der Waals surface area contributed by atoms with E-state index in [1.54, 1.807) is 0 Å². The van der Waals surface area contributed by atoms with Crippen molar-refractivity contribution in [2.45, 2.75) is 53.4 Å². The largest absolute Gasteiger partial charge is 0.0683 e. The monoisotopic (exact) mass is 142 g/mol. The molecule has 0 spiro atoms. The Hall–Kier alpha value is 0. The van der Waals surface area contributed by atoms with Crippen LogP contribution >= 0.6 is 0 Å². The molecule has 0 N–H and O–H groups in total. The van der Waals surface area contributed by atoms with Gasteiger partial charge in [0.1, 0.15) is 0 Å². The quantitative estimate of drug-likeness (QED) is 0.482. The molecule has 1 aliphatic rings. The van der Waals surface area contributed by atoms with Gasteiger partial charge in [-0.2, -0.15) is 0 Å². The maximum absolute atomic E-state index is 2.38. The van der Waals surface area contributed by atoms with Crippen molar-refractivity contribution in [2.75, 3.05) is 0 Å². The molecular weight excluding hydrogens is 120 g/mol. The van der Waals surface area contributed by atoms with Gasteiger partial charge in [-0.3, -0.25) is 0 Å². The van der Waals surface area contributed by atoms with Gasteiger partial charge in [-0.15, -0.1) is 0 Å². The lowest BCUT2D eigenvalue weighted by Gasteiger charge is -2.24. The predicted octanol–water partition coefficient (Wildman–Crippen LogP) is 3.86. The second kappa shape index (κ2) is 5.76. The molecule has 0 aromatic carbocycles. The third-order valence-corrected chi connectivity index (χ3v) is 2.54. The van der Waals surface area contributed by atoms with E-state index in [0.717, 1.165) is 11.8 Å². The van der Waals surface area contributed by atoms with Crippen LogP contribution < -0.4 is 0 Å². The van der Waals surface area contributed by atoms with Gasteiger partial charge in [0.15, 0.2) is 0 Å². The average molecular weight is 142 g/mol. The van der Waals surface area contributed by atoms with Crippen LogP contribution in [-0.2, 0) is 0 Å². The van der Waals surface area contributed by atoms with Crippen LogP contribution in [0.2, 0.25) is 0 Å². The van der Waals surface area contributed by atoms with Crippen molar-refractivity contribution in [1.29, 1.82) is 0 Å². The van der Waals surface area contributed by atoms with E-state index >= 15 is 0 Å². The third kappa shape index (κ3) is 3.24. The Balaban J connectivity index is 0.000000371. The van der Waals surface area contributed by atoms with E-state index < -0.39 is 0 Å². The molecule has 10 heavy (non-hydrogen) atoms. The fourth-order valence-electron chi connectivity index (χ4n) is 1.50. The van der Waals surface area contributed by atoms with Crippen LogP contribution in [0.5, 0.6) is 0 Å². The summed E-state index contributed by atoms with van der Waals surface area (Å²) in [6, 6.07) is 0. The number of hydrogen-bond acceptors (Lipinski definition) is 0. The Kier molecular flexibility index (Phi) is 5.76. The van der Waals surface area contributed by atoms with Crippen LogP contribution in [0.15, 0.2) is 0 Å². The van der Waals surface area contributed by atoms with Crippen molar-refractivity contribution in [3.8, 4) is 0 Å². The van der Waals surface area contributed by atoms with Crippen molar-refractivity contribution in [3.05, 3.63) is 0 Å². The lowest BCUT2D eigenvalue weighted by molar-refractivity contribution is 0.277. The van der Waals surface area contributed by atoms with Crippen LogP contribution in [0.4, 0.5) is 0 Å². The zero-order valence-electron chi connectivity index (χ0n) is 7.98. The Bertz CT molecular complexity index is 56.4. The van der Waals surface area contributed by atoms with Crippen LogP contribution in [0, 0.1) is 11.8 Å². The molecule has 1 unspecified atom stereocenters. The van der Waals surface area contributed by atoms with Gasteiger partial charge >= 0.3 is 0 Å². The van der Waals surface area contributed by atoms with Crippen molar-refractivity contribution in [1.82, 2.24) is 0 Å². The maximum Gasteiger partial charge on any atom is -0.0417 e. The minimum absolute atomic E-state index is 1.00. The number of hydrogen-bond donors (Lipinski definition) is 0. The van der Waals surface area contributed by atoms with Gasteiger partial charge < -0.3 is 0 Å². The molecule has 0 heterocycles. The zero-order chi connectivity index (χ0) is 7.98. The van der Waals surface area contributed by atoms with Gasteiger partial charge in [0.25, 0.3) is 0 Å². The van der Waals surface area contributed by atoms with Gasteiger partial charge in [-0.1, -0.05) is 53.4 Å². The first kappa shape index (κ1) is 10.0. The highest BCUT2D eigenvalue weighted by Gasteiger charge is 2.15. The van der Waals surface area contributed by atoms with Gasteiger partial charge in [0.2, 0.25) is 0 Å². The lowest BCUT2D eigenvalue weighted by Crippen LogP contribution is -2.12. The van der Waals surface area contributed by atoms with E-state index in [4.69, 9.17) is 0 Å². The van der Waals surface area contributed by atoms with E-state index in [1.165, 1.54) is 25.7 Å². The summed E-state index contributed by atoms with van der Waals surface area (Å²) in [6.45, 7) is 8.76. The van der Waals surface area contributed by atoms with Crippen LogP contribution in [0.25, 0.3) is 0 Å². The normalized spacial score (nSPS) is 32.4. The maximum atomic E-state index is 2.38. The van der Waals surface area contributed by atoms with Crippen LogP contribution in [0.1, 0.15) is 53.4 Å². The SMILES string of the molecule is CC.CC1CCCC[C@@H]1C. The topological polar surface area (TPSA) is 0 Å². The van der Waals surface area contributed by atoms with E-state index in [1.807, 2.05) is 13.8 Å². The number of rotatable bonds is 0. The molecule has 1 fully saturated rings. The molecule has 1 rings (SSSR count). The van der Waals surface area contributed by atoms with E-state index in [2.05, 4.69) is 13.8 Å². The van der Waals surface area contributed by atoms with Crippen molar-refractivity contribution in [3.63, 3.8) is 0 Å². The average Bonchev–Trinajstić information content (AvgIpc) is 2.00. The predicted molar refractivity (Wildman–Crippen MR) is 48.1 cm³/mol. The molecule has 0 radical (unpaired) electrons. The first-order chi connectivity index (χ1) is 4.80. The second-order valence-corrected chi connectivity index (χ2v) is 3.24. The molecule has 1 saturated carbocycles. The Labute approximate surface area is 66.0 Å². The zero-order valence-corrected chi connectivity index (χ0v) is 7.98. The van der Waals surface area contributed by atoms with Gasteiger partial charge in [0, 0.05) is 0 Å². The van der Waals surface area contributed by atoms with Crippen molar-refractivity contribution < 1.29 is 0 Å². The molecule has 0 nitrogen and oxygen atoms in total. The fraction of sp³-hybridized carbons (Fsp3) is 1.00. The fourth-order valence-corrected chi connectivity index (χ4v) is 1.50. The molecule has 0 amide bonds. The Morgan fingerprint density at radius 2 is 1.10 bits per heavy atom. The molecule has 1 aliphatic carbocycles. The molecule has 0 bridgehead atoms. The molecule has 0 heteroatoms. The molecule has 0 saturated heterocycles. The summed E-state index contributed by atoms with van der Waals surface area (Å²) in [5.41, 5.74) is 0. The Morgan fingerprint density at radius 3 is 1.30 bits per heavy atom. The van der Waals surface area contributed by atoms with Crippen molar-refractivity contribution in [2.24, 2.45) is 11.8 Å². The molecule has 0 aliphatic heterocycles. The summed E-state index contributed by atoms with van der Waals surface area (Å²) in [4.78, 5) is 0. The van der Waals surface area contributed by atoms with Crippen LogP contribution in [-0.4, -0.2) is 0 Å². The molecule has 0 aromatic heterocycles. The summed E-state index contributed by atoms with van der Waals surface area (Å²) in [5.74, 6) is 2.01. The third-order valence-electron chi connectivity index (χ3n) is 2.54. The van der Waals surface area contributed by atoms with Gasteiger partial charge in [-0.25, -0.2) is 0 Å². The molecule has 62 valence electrons.